The molecule has 0 radical (unpaired) electrons. The highest BCUT2D eigenvalue weighted by Crippen LogP contribution is 2.30. The molecule has 21 heavy (non-hydrogen) atoms. The van der Waals surface area contributed by atoms with Gasteiger partial charge in [-0.1, -0.05) is 11.6 Å². The minimum Gasteiger partial charge on any atom is -0.474 e. The van der Waals surface area contributed by atoms with Crippen molar-refractivity contribution in [2.45, 2.75) is 25.5 Å². The Morgan fingerprint density at radius 1 is 1.62 bits per heavy atom. The van der Waals surface area contributed by atoms with Crippen LogP contribution in [0.4, 0.5) is 5.69 Å². The molecule has 1 amide bonds. The van der Waals surface area contributed by atoms with Gasteiger partial charge in [0, 0.05) is 23.7 Å². The van der Waals surface area contributed by atoms with Crippen LogP contribution in [0.1, 0.15) is 13.3 Å². The Kier molecular flexibility index (Phi) is 4.98. The van der Waals surface area contributed by atoms with Crippen LogP contribution in [0.5, 0.6) is 5.75 Å². The van der Waals surface area contributed by atoms with Gasteiger partial charge >= 0.3 is 5.69 Å². The highest BCUT2D eigenvalue weighted by Gasteiger charge is 2.24. The molecule has 1 aromatic carbocycles. The number of rotatable bonds is 5. The maximum absolute atomic E-state index is 12.0. The molecule has 2 unspecified atom stereocenters. The molecular formula is C13H16ClN3O4. The lowest BCUT2D eigenvalue weighted by molar-refractivity contribution is -0.386. The highest BCUT2D eigenvalue weighted by molar-refractivity contribution is 6.30. The van der Waals surface area contributed by atoms with Gasteiger partial charge in [-0.3, -0.25) is 14.9 Å². The summed E-state index contributed by atoms with van der Waals surface area (Å²) >= 11 is 5.73. The van der Waals surface area contributed by atoms with Gasteiger partial charge in [0.15, 0.2) is 11.9 Å². The molecule has 0 saturated carbocycles. The number of benzene rings is 1. The molecule has 2 N–H and O–H groups in total. The quantitative estimate of drug-likeness (QED) is 0.634. The van der Waals surface area contributed by atoms with Crippen molar-refractivity contribution in [3.8, 4) is 5.75 Å². The lowest BCUT2D eigenvalue weighted by Crippen LogP contribution is -2.43. The highest BCUT2D eigenvalue weighted by atomic mass is 35.5. The normalized spacial score (nSPS) is 19.0. The fourth-order valence-electron chi connectivity index (χ4n) is 2.07. The average molecular weight is 314 g/mol. The number of nitro groups is 1. The van der Waals surface area contributed by atoms with Crippen LogP contribution >= 0.6 is 11.6 Å². The van der Waals surface area contributed by atoms with E-state index >= 15 is 0 Å². The lowest BCUT2D eigenvalue weighted by atomic mass is 10.2. The summed E-state index contributed by atoms with van der Waals surface area (Å²) in [6.45, 7) is 3.14. The molecule has 7 nitrogen and oxygen atoms in total. The van der Waals surface area contributed by atoms with Crippen molar-refractivity contribution in [3.63, 3.8) is 0 Å². The molecule has 1 fully saturated rings. The van der Waals surface area contributed by atoms with Crippen LogP contribution in [0, 0.1) is 10.1 Å². The number of nitro benzene ring substituents is 1. The van der Waals surface area contributed by atoms with E-state index in [1.165, 1.54) is 18.2 Å². The molecule has 1 aromatic rings. The SMILES string of the molecule is CC(Oc1ccc(Cl)cc1[N+](=O)[O-])C(=O)NC1CCNC1. The van der Waals surface area contributed by atoms with E-state index in [4.69, 9.17) is 16.3 Å². The molecule has 2 atom stereocenters. The van der Waals surface area contributed by atoms with Gasteiger partial charge in [-0.05, 0) is 32.0 Å². The number of halogens is 1. The number of nitrogens with zero attached hydrogens (tertiary/aromatic N) is 1. The number of hydrogen-bond donors (Lipinski definition) is 2. The number of carbonyl (C=O) groups is 1. The minimum atomic E-state index is -0.828. The average Bonchev–Trinajstić information content (AvgIpc) is 2.93. The second-order valence-electron chi connectivity index (χ2n) is 4.83. The van der Waals surface area contributed by atoms with Crippen molar-refractivity contribution in [3.05, 3.63) is 33.3 Å². The first-order valence-electron chi connectivity index (χ1n) is 6.59. The van der Waals surface area contributed by atoms with E-state index in [9.17, 15) is 14.9 Å². The lowest BCUT2D eigenvalue weighted by Gasteiger charge is -2.17. The van der Waals surface area contributed by atoms with Gasteiger partial charge in [0.25, 0.3) is 5.91 Å². The zero-order valence-electron chi connectivity index (χ0n) is 11.5. The summed E-state index contributed by atoms with van der Waals surface area (Å²) in [5, 5.41) is 17.2. The second kappa shape index (κ2) is 6.73. The molecule has 1 aliphatic rings. The first-order chi connectivity index (χ1) is 9.97. The van der Waals surface area contributed by atoms with Gasteiger partial charge in [0.05, 0.1) is 4.92 Å². The molecule has 0 bridgehead atoms. The monoisotopic (exact) mass is 313 g/mol. The Labute approximate surface area is 126 Å². The van der Waals surface area contributed by atoms with E-state index in [0.29, 0.717) is 0 Å². The molecule has 1 saturated heterocycles. The van der Waals surface area contributed by atoms with Gasteiger partial charge in [-0.15, -0.1) is 0 Å². The van der Waals surface area contributed by atoms with E-state index < -0.39 is 11.0 Å². The molecule has 0 spiro atoms. The van der Waals surface area contributed by atoms with Crippen molar-refractivity contribution < 1.29 is 14.5 Å². The Bertz CT molecular complexity index is 546. The van der Waals surface area contributed by atoms with Gasteiger partial charge in [0.1, 0.15) is 0 Å². The Morgan fingerprint density at radius 2 is 2.38 bits per heavy atom. The number of amides is 1. The van der Waals surface area contributed by atoms with Crippen LogP contribution in [0.3, 0.4) is 0 Å². The summed E-state index contributed by atoms with van der Waals surface area (Å²) in [6, 6.07) is 4.14. The van der Waals surface area contributed by atoms with E-state index in [1.54, 1.807) is 6.92 Å². The van der Waals surface area contributed by atoms with Gasteiger partial charge in [0.2, 0.25) is 0 Å². The fourth-order valence-corrected chi connectivity index (χ4v) is 2.24. The predicted molar refractivity (Wildman–Crippen MR) is 77.6 cm³/mol. The number of hydrogen-bond acceptors (Lipinski definition) is 5. The Morgan fingerprint density at radius 3 is 3.00 bits per heavy atom. The zero-order chi connectivity index (χ0) is 15.4. The van der Waals surface area contributed by atoms with Gasteiger partial charge in [-0.25, -0.2) is 0 Å². The van der Waals surface area contributed by atoms with E-state index in [0.717, 1.165) is 19.5 Å². The molecule has 114 valence electrons. The largest absolute Gasteiger partial charge is 0.474 e. The summed E-state index contributed by atoms with van der Waals surface area (Å²) in [7, 11) is 0. The van der Waals surface area contributed by atoms with E-state index in [1.807, 2.05) is 0 Å². The maximum Gasteiger partial charge on any atom is 0.312 e. The van der Waals surface area contributed by atoms with Gasteiger partial charge < -0.3 is 15.4 Å². The van der Waals surface area contributed by atoms with Crippen molar-refractivity contribution in [2.24, 2.45) is 0 Å². The third-order valence-corrected chi connectivity index (χ3v) is 3.43. The molecule has 0 aromatic heterocycles. The van der Waals surface area contributed by atoms with Crippen LogP contribution in [-0.4, -0.2) is 36.1 Å². The maximum atomic E-state index is 12.0. The van der Waals surface area contributed by atoms with Crippen molar-refractivity contribution in [1.82, 2.24) is 10.6 Å². The molecule has 1 aliphatic heterocycles. The van der Waals surface area contributed by atoms with E-state index in [2.05, 4.69) is 10.6 Å². The van der Waals surface area contributed by atoms with Gasteiger partial charge in [-0.2, -0.15) is 0 Å². The summed E-state index contributed by atoms with van der Waals surface area (Å²) in [5.74, 6) is -0.274. The summed E-state index contributed by atoms with van der Waals surface area (Å²) in [4.78, 5) is 22.4. The van der Waals surface area contributed by atoms with Crippen molar-refractivity contribution in [1.29, 1.82) is 0 Å². The first kappa shape index (κ1) is 15.5. The fraction of sp³-hybridized carbons (Fsp3) is 0.462. The standard InChI is InChI=1S/C13H16ClN3O4/c1-8(13(18)16-10-4-5-15-7-10)21-12-3-2-9(14)6-11(12)17(19)20/h2-3,6,8,10,15H,4-5,7H2,1H3,(H,16,18). The zero-order valence-corrected chi connectivity index (χ0v) is 12.2. The van der Waals surface area contributed by atoms with Crippen LogP contribution < -0.4 is 15.4 Å². The number of carbonyl (C=O) groups excluding carboxylic acids is 1. The summed E-state index contributed by atoms with van der Waals surface area (Å²) < 4.78 is 5.40. The van der Waals surface area contributed by atoms with Crippen LogP contribution in [0.15, 0.2) is 18.2 Å². The summed E-state index contributed by atoms with van der Waals surface area (Å²) in [6.07, 6.45) is 0.0324. The Balaban J connectivity index is 2.03. The smallest absolute Gasteiger partial charge is 0.312 e. The molecule has 1 heterocycles. The third kappa shape index (κ3) is 4.05. The predicted octanol–water partition coefficient (Wildman–Crippen LogP) is 1.49. The van der Waals surface area contributed by atoms with Crippen LogP contribution in [0.25, 0.3) is 0 Å². The molecule has 0 aliphatic carbocycles. The molecule has 8 heteroatoms. The molecule has 2 rings (SSSR count). The number of nitrogens with one attached hydrogen (secondary N) is 2. The first-order valence-corrected chi connectivity index (χ1v) is 6.97. The van der Waals surface area contributed by atoms with E-state index in [-0.39, 0.29) is 28.4 Å². The second-order valence-corrected chi connectivity index (χ2v) is 5.26. The third-order valence-electron chi connectivity index (χ3n) is 3.20. The summed E-state index contributed by atoms with van der Waals surface area (Å²) in [5.41, 5.74) is -0.260. The minimum absolute atomic E-state index is 0.0246. The Hall–Kier alpha value is -1.86. The number of ether oxygens (including phenoxy) is 1. The van der Waals surface area contributed by atoms with Crippen molar-refractivity contribution >= 4 is 23.2 Å². The van der Waals surface area contributed by atoms with Crippen LogP contribution in [-0.2, 0) is 4.79 Å². The molecular weight excluding hydrogens is 298 g/mol. The van der Waals surface area contributed by atoms with Crippen molar-refractivity contribution in [2.75, 3.05) is 13.1 Å². The topological polar surface area (TPSA) is 93.5 Å². The van der Waals surface area contributed by atoms with Crippen LogP contribution in [0.2, 0.25) is 5.02 Å².